The average Bonchev–Trinajstić information content (AvgIpc) is 3.98. The molecule has 3 aromatic carbocycles. The summed E-state index contributed by atoms with van der Waals surface area (Å²) < 4.78 is 20.0. The molecule has 0 aliphatic carbocycles. The molecule has 6 rings (SSSR count). The number of ether oxygens (including phenoxy) is 4. The average molecular weight is 1090 g/mol. The number of carboxylic acid groups (broad SMARTS) is 2. The van der Waals surface area contributed by atoms with Crippen LogP contribution >= 0.6 is 34.8 Å². The Balaban J connectivity index is 0.000000342. The van der Waals surface area contributed by atoms with E-state index in [0.717, 1.165) is 23.3 Å². The molecule has 0 radical (unpaired) electrons. The fourth-order valence-electron chi connectivity index (χ4n) is 7.12. The standard InChI is InChI=1S/C16H18ClNO5.C15H18ClNO3.C11H13ClO2.C10H13NO5.H3N/c1-16(2,3)23-15(22)18-12(19)8-11(13(18)14(20)21)9-4-6-10(17)7-5-9;1-15(2,3)20-14(19)17-9-11(8-13(17)18)10-4-6-12(16)7-5-10;1-9-2-4-10(5-3-9)11(6-12)7-14-8-13;1-10(2,3)16-9(15)11-6(8(13)14)4-5-7(11)12;/h4-7,11,13H,8H2,1-3H3,(H,20,21);4-7,11H,8-9H2,1-3H3;2-5,8,11H,6-7H2,1H3;4-6H,1-3H3,(H,13,14);1H3/t11-,13+;2*11-;6-;/m1010./s1. The number of alkyl halides is 1. The fraction of sp³-hybridized carbons (Fsp3) is 0.442. The molecule has 3 aromatic rings. The molecule has 404 valence electrons. The van der Waals surface area contributed by atoms with Gasteiger partial charge in [0, 0.05) is 59.1 Å². The minimum absolute atomic E-state index is 0. The van der Waals surface area contributed by atoms with Crippen molar-refractivity contribution in [1.29, 1.82) is 0 Å². The van der Waals surface area contributed by atoms with E-state index in [2.05, 4.69) is 0 Å². The molecular formula is C52H65Cl3N4O15. The van der Waals surface area contributed by atoms with Gasteiger partial charge in [0.05, 0.1) is 6.61 Å². The Bertz CT molecular complexity index is 2480. The van der Waals surface area contributed by atoms with Crippen molar-refractivity contribution in [3.63, 3.8) is 0 Å². The number of rotatable bonds is 9. The Morgan fingerprint density at radius 3 is 1.59 bits per heavy atom. The molecule has 3 aliphatic heterocycles. The van der Waals surface area contributed by atoms with E-state index < -0.39 is 76.8 Å². The lowest BCUT2D eigenvalue weighted by Crippen LogP contribution is -2.46. The van der Waals surface area contributed by atoms with Gasteiger partial charge in [-0.2, -0.15) is 0 Å². The van der Waals surface area contributed by atoms with Crippen LogP contribution in [-0.4, -0.2) is 127 Å². The van der Waals surface area contributed by atoms with Crippen LogP contribution in [0, 0.1) is 6.92 Å². The second-order valence-corrected chi connectivity index (χ2v) is 21.0. The van der Waals surface area contributed by atoms with Crippen LogP contribution in [0.15, 0.2) is 84.9 Å². The summed E-state index contributed by atoms with van der Waals surface area (Å²) in [4.78, 5) is 106. The maximum atomic E-state index is 12.2. The summed E-state index contributed by atoms with van der Waals surface area (Å²) in [5.41, 5.74) is 1.76. The van der Waals surface area contributed by atoms with E-state index in [1.54, 1.807) is 98.7 Å². The van der Waals surface area contributed by atoms with Gasteiger partial charge in [-0.15, -0.1) is 11.6 Å². The van der Waals surface area contributed by atoms with E-state index in [4.69, 9.17) is 58.9 Å². The number of hydrogen-bond donors (Lipinski definition) is 3. The Labute approximate surface area is 445 Å². The second kappa shape index (κ2) is 27.7. The number of carboxylic acids is 2. The van der Waals surface area contributed by atoms with Gasteiger partial charge < -0.3 is 35.3 Å². The third kappa shape index (κ3) is 19.7. The summed E-state index contributed by atoms with van der Waals surface area (Å²) in [7, 11) is 0. The molecule has 19 nitrogen and oxygen atoms in total. The summed E-state index contributed by atoms with van der Waals surface area (Å²) in [6, 6.07) is 19.4. The third-order valence-electron chi connectivity index (χ3n) is 10.4. The van der Waals surface area contributed by atoms with Gasteiger partial charge in [-0.05, 0) is 116 Å². The number of aryl methyl sites for hydroxylation is 1. The van der Waals surface area contributed by atoms with Gasteiger partial charge >= 0.3 is 30.2 Å². The smallest absolute Gasteiger partial charge is 0.418 e. The molecule has 0 saturated carbocycles. The van der Waals surface area contributed by atoms with Crippen molar-refractivity contribution in [2.45, 2.75) is 129 Å². The molecule has 22 heteroatoms. The van der Waals surface area contributed by atoms with Crippen LogP contribution in [0.5, 0.6) is 0 Å². The van der Waals surface area contributed by atoms with Crippen molar-refractivity contribution < 1.29 is 72.3 Å². The molecule has 2 saturated heterocycles. The highest BCUT2D eigenvalue weighted by atomic mass is 35.5. The van der Waals surface area contributed by atoms with Gasteiger partial charge in [0.1, 0.15) is 22.8 Å². The monoisotopic (exact) mass is 1090 g/mol. The quantitative estimate of drug-likeness (QED) is 0.102. The number of likely N-dealkylation sites (tertiary alicyclic amines) is 2. The van der Waals surface area contributed by atoms with Crippen LogP contribution in [0.4, 0.5) is 14.4 Å². The van der Waals surface area contributed by atoms with E-state index in [-0.39, 0.29) is 30.3 Å². The minimum Gasteiger partial charge on any atom is -0.480 e. The summed E-state index contributed by atoms with van der Waals surface area (Å²) >= 11 is 17.5. The van der Waals surface area contributed by atoms with Crippen molar-refractivity contribution in [3.05, 3.63) is 117 Å². The number of hydrogen-bond acceptors (Lipinski definition) is 14. The molecule has 0 unspecified atom stereocenters. The normalized spacial score (nSPS) is 18.5. The number of halogens is 3. The molecular weight excluding hydrogens is 1030 g/mol. The lowest BCUT2D eigenvalue weighted by atomic mass is 9.92. The molecule has 6 amide bonds. The first-order valence-corrected chi connectivity index (χ1v) is 24.1. The number of carbonyl (C=O) groups excluding carboxylic acids is 7. The Hall–Kier alpha value is -6.54. The van der Waals surface area contributed by atoms with Crippen LogP contribution in [0.25, 0.3) is 0 Å². The van der Waals surface area contributed by atoms with Gasteiger partial charge in [-0.3, -0.25) is 19.2 Å². The molecule has 5 atom stereocenters. The van der Waals surface area contributed by atoms with Gasteiger partial charge in [-0.1, -0.05) is 77.3 Å². The summed E-state index contributed by atoms with van der Waals surface area (Å²) in [5, 5.41) is 19.5. The van der Waals surface area contributed by atoms with Gasteiger partial charge in [0.25, 0.3) is 12.4 Å². The van der Waals surface area contributed by atoms with Crippen molar-refractivity contribution in [3.8, 4) is 0 Å². The Morgan fingerprint density at radius 2 is 1.15 bits per heavy atom. The maximum absolute atomic E-state index is 12.2. The first kappa shape index (κ1) is 63.6. The molecule has 0 bridgehead atoms. The predicted octanol–water partition coefficient (Wildman–Crippen LogP) is 10.1. The first-order valence-electron chi connectivity index (χ1n) is 22.8. The summed E-state index contributed by atoms with van der Waals surface area (Å²) in [6.45, 7) is 18.4. The molecule has 74 heavy (non-hydrogen) atoms. The second-order valence-electron chi connectivity index (χ2n) is 19.8. The SMILES string of the molecule is CC(C)(C)OC(=O)N1C(=O)C=C[C@H]1C(=O)O.CC(C)(C)OC(=O)N1C(=O)C[C@H](c2ccc(Cl)cc2)[C@H]1C(=O)O.CC(C)(C)OC(=O)N1C[C@@H](c2ccc(Cl)cc2)CC1=O.Cc1ccc([C@H](CCl)COC=O)cc1.N. The number of aliphatic carboxylic acids is 2. The molecule has 5 N–H and O–H groups in total. The number of nitrogens with zero attached hydrogens (tertiary/aromatic N) is 3. The lowest BCUT2D eigenvalue weighted by molar-refractivity contribution is -0.146. The van der Waals surface area contributed by atoms with Gasteiger partial charge in [-0.25, -0.2) is 38.7 Å². The van der Waals surface area contributed by atoms with E-state index in [0.29, 0.717) is 57.3 Å². The number of imide groups is 3. The van der Waals surface area contributed by atoms with Crippen LogP contribution in [0.3, 0.4) is 0 Å². The Kier molecular flexibility index (Phi) is 23.8. The highest BCUT2D eigenvalue weighted by molar-refractivity contribution is 6.30. The lowest BCUT2D eigenvalue weighted by Gasteiger charge is -2.27. The van der Waals surface area contributed by atoms with Crippen LogP contribution in [0.2, 0.25) is 10.0 Å². The third-order valence-corrected chi connectivity index (χ3v) is 11.3. The minimum atomic E-state index is -1.29. The van der Waals surface area contributed by atoms with Crippen molar-refractivity contribution in [2.24, 2.45) is 0 Å². The predicted molar refractivity (Wildman–Crippen MR) is 275 cm³/mol. The fourth-order valence-corrected chi connectivity index (χ4v) is 7.64. The van der Waals surface area contributed by atoms with E-state index in [1.807, 2.05) is 43.3 Å². The van der Waals surface area contributed by atoms with Crippen molar-refractivity contribution in [1.82, 2.24) is 20.9 Å². The van der Waals surface area contributed by atoms with E-state index in [9.17, 15) is 48.3 Å². The Morgan fingerprint density at radius 1 is 0.676 bits per heavy atom. The van der Waals surface area contributed by atoms with Crippen molar-refractivity contribution in [2.75, 3.05) is 19.0 Å². The van der Waals surface area contributed by atoms with Crippen LogP contribution in [0.1, 0.15) is 115 Å². The number of amides is 6. The van der Waals surface area contributed by atoms with Crippen LogP contribution in [-0.2, 0) is 47.7 Å². The largest absolute Gasteiger partial charge is 0.480 e. The molecule has 2 fully saturated rings. The number of carbonyl (C=O) groups is 9. The highest BCUT2D eigenvalue weighted by Crippen LogP contribution is 2.36. The zero-order chi connectivity index (χ0) is 55.2. The maximum Gasteiger partial charge on any atom is 0.418 e. The van der Waals surface area contributed by atoms with E-state index >= 15 is 0 Å². The van der Waals surface area contributed by atoms with Crippen molar-refractivity contribution >= 4 is 89.2 Å². The molecule has 0 spiro atoms. The molecule has 3 heterocycles. The highest BCUT2D eigenvalue weighted by Gasteiger charge is 2.49. The molecule has 0 aromatic heterocycles. The summed E-state index contributed by atoms with van der Waals surface area (Å²) in [6.07, 6.45) is -0.0176. The van der Waals surface area contributed by atoms with E-state index in [1.165, 1.54) is 10.5 Å². The first-order chi connectivity index (χ1) is 33.9. The summed E-state index contributed by atoms with van der Waals surface area (Å²) in [5.74, 6) is -4.04. The topological polar surface area (TPSA) is 276 Å². The van der Waals surface area contributed by atoms with Crippen LogP contribution < -0.4 is 6.15 Å². The van der Waals surface area contributed by atoms with Gasteiger partial charge in [0.15, 0.2) is 6.04 Å². The molecule has 3 aliphatic rings. The zero-order valence-corrected chi connectivity index (χ0v) is 45.2. The number of benzene rings is 3. The zero-order valence-electron chi connectivity index (χ0n) is 43.0. The van der Waals surface area contributed by atoms with Gasteiger partial charge in [0.2, 0.25) is 11.8 Å².